The largest absolute Gasteiger partial charge is 0.495 e. The van der Waals surface area contributed by atoms with Gasteiger partial charge in [0.15, 0.2) is 0 Å². The molecule has 0 spiro atoms. The molecule has 3 rings (SSSR count). The molecule has 4 nitrogen and oxygen atoms in total. The molecular weight excluding hydrogens is 288 g/mol. The van der Waals surface area contributed by atoms with E-state index < -0.39 is 0 Å². The van der Waals surface area contributed by atoms with Gasteiger partial charge in [-0.25, -0.2) is 0 Å². The summed E-state index contributed by atoms with van der Waals surface area (Å²) in [5, 5.41) is 4.28. The minimum Gasteiger partial charge on any atom is -0.495 e. The molecule has 0 radical (unpaired) electrons. The fourth-order valence-electron chi connectivity index (χ4n) is 3.30. The second kappa shape index (κ2) is 5.58. The molecule has 0 aromatic heterocycles. The fourth-order valence-corrected chi connectivity index (χ4v) is 3.53. The summed E-state index contributed by atoms with van der Waals surface area (Å²) in [6, 6.07) is 3.83. The summed E-state index contributed by atoms with van der Waals surface area (Å²) in [7, 11) is 3.33. The lowest BCUT2D eigenvalue weighted by Crippen LogP contribution is -2.60. The van der Waals surface area contributed by atoms with Crippen LogP contribution < -0.4 is 19.7 Å². The number of piperazine rings is 1. The van der Waals surface area contributed by atoms with Gasteiger partial charge in [0.2, 0.25) is 0 Å². The van der Waals surface area contributed by atoms with E-state index in [1.54, 1.807) is 14.2 Å². The van der Waals surface area contributed by atoms with Crippen LogP contribution in [0, 0.1) is 5.92 Å². The van der Waals surface area contributed by atoms with Gasteiger partial charge in [-0.05, 0) is 25.7 Å². The monoisotopic (exact) mass is 310 g/mol. The number of ether oxygens (including phenoxy) is 2. The van der Waals surface area contributed by atoms with Gasteiger partial charge in [0.05, 0.1) is 24.9 Å². The van der Waals surface area contributed by atoms with E-state index in [0.29, 0.717) is 10.8 Å². The zero-order valence-electron chi connectivity index (χ0n) is 12.9. The van der Waals surface area contributed by atoms with Crippen LogP contribution in [0.2, 0.25) is 5.02 Å². The van der Waals surface area contributed by atoms with Crippen molar-refractivity contribution in [2.24, 2.45) is 5.92 Å². The van der Waals surface area contributed by atoms with E-state index in [2.05, 4.69) is 17.1 Å². The van der Waals surface area contributed by atoms with Crippen LogP contribution in [0.5, 0.6) is 11.5 Å². The Morgan fingerprint density at radius 2 is 1.95 bits per heavy atom. The maximum absolute atomic E-state index is 6.20. The average molecular weight is 311 g/mol. The van der Waals surface area contributed by atoms with Crippen LogP contribution in [0.1, 0.15) is 19.8 Å². The molecule has 21 heavy (non-hydrogen) atoms. The van der Waals surface area contributed by atoms with Crippen LogP contribution in [0.15, 0.2) is 12.1 Å². The third kappa shape index (κ3) is 2.79. The topological polar surface area (TPSA) is 33.7 Å². The highest BCUT2D eigenvalue weighted by atomic mass is 35.5. The molecule has 2 fully saturated rings. The lowest BCUT2D eigenvalue weighted by molar-refractivity contribution is 0.283. The van der Waals surface area contributed by atoms with Gasteiger partial charge in [-0.3, -0.25) is 0 Å². The molecule has 0 amide bonds. The first-order chi connectivity index (χ1) is 10.1. The van der Waals surface area contributed by atoms with Gasteiger partial charge in [-0.1, -0.05) is 11.6 Å². The standard InChI is InChI=1S/C16H23ClN2O2/c1-16(11-4-5-11)10-19(7-6-18-16)13-9-14(20-2)12(17)8-15(13)21-3/h8-9,11,18H,4-7,10H2,1-3H3. The lowest BCUT2D eigenvalue weighted by atomic mass is 9.92. The highest BCUT2D eigenvalue weighted by molar-refractivity contribution is 6.32. The Bertz CT molecular complexity index is 533. The van der Waals surface area contributed by atoms with Gasteiger partial charge in [0.1, 0.15) is 11.5 Å². The number of nitrogens with one attached hydrogen (secondary N) is 1. The second-order valence-corrected chi connectivity index (χ2v) is 6.61. The minimum absolute atomic E-state index is 0.191. The number of halogens is 1. The molecule has 1 aromatic carbocycles. The van der Waals surface area contributed by atoms with Gasteiger partial charge < -0.3 is 19.7 Å². The van der Waals surface area contributed by atoms with Gasteiger partial charge >= 0.3 is 0 Å². The van der Waals surface area contributed by atoms with E-state index in [1.165, 1.54) is 12.8 Å². The van der Waals surface area contributed by atoms with Crippen LogP contribution >= 0.6 is 11.6 Å². The predicted molar refractivity (Wildman–Crippen MR) is 85.9 cm³/mol. The molecule has 1 heterocycles. The summed E-state index contributed by atoms with van der Waals surface area (Å²) >= 11 is 6.20. The van der Waals surface area contributed by atoms with E-state index in [0.717, 1.165) is 37.0 Å². The Labute approximate surface area is 131 Å². The smallest absolute Gasteiger partial charge is 0.143 e. The highest BCUT2D eigenvalue weighted by Gasteiger charge is 2.44. The summed E-state index contributed by atoms with van der Waals surface area (Å²) < 4.78 is 10.9. The van der Waals surface area contributed by atoms with Crippen molar-refractivity contribution < 1.29 is 9.47 Å². The zero-order chi connectivity index (χ0) is 15.0. The molecule has 2 aliphatic rings. The lowest BCUT2D eigenvalue weighted by Gasteiger charge is -2.43. The normalized spacial score (nSPS) is 25.8. The SMILES string of the molecule is COc1cc(N2CCNC(C)(C3CC3)C2)c(OC)cc1Cl. The van der Waals surface area contributed by atoms with E-state index in [9.17, 15) is 0 Å². The number of nitrogens with zero attached hydrogens (tertiary/aromatic N) is 1. The molecule has 1 aromatic rings. The number of methoxy groups -OCH3 is 2. The molecule has 1 atom stereocenters. The van der Waals surface area contributed by atoms with Gasteiger partial charge in [-0.15, -0.1) is 0 Å². The van der Waals surface area contributed by atoms with Crippen LogP contribution in [0.4, 0.5) is 5.69 Å². The molecule has 1 saturated heterocycles. The Hall–Kier alpha value is -1.13. The van der Waals surface area contributed by atoms with Crippen molar-refractivity contribution in [2.45, 2.75) is 25.3 Å². The number of hydrogen-bond acceptors (Lipinski definition) is 4. The van der Waals surface area contributed by atoms with Crippen molar-refractivity contribution in [2.75, 3.05) is 38.8 Å². The third-order valence-electron chi connectivity index (χ3n) is 4.70. The summed E-state index contributed by atoms with van der Waals surface area (Å²) in [4.78, 5) is 2.38. The molecule has 1 unspecified atom stereocenters. The molecule has 0 bridgehead atoms. The van der Waals surface area contributed by atoms with Crippen molar-refractivity contribution in [1.82, 2.24) is 5.32 Å². The van der Waals surface area contributed by atoms with Gasteiger partial charge in [0, 0.05) is 37.3 Å². The molecule has 1 aliphatic heterocycles. The predicted octanol–water partition coefficient (Wildman–Crippen LogP) is 2.94. The first-order valence-electron chi connectivity index (χ1n) is 7.49. The second-order valence-electron chi connectivity index (χ2n) is 6.20. The molecular formula is C16H23ClN2O2. The molecule has 1 N–H and O–H groups in total. The quantitative estimate of drug-likeness (QED) is 0.927. The van der Waals surface area contributed by atoms with Gasteiger partial charge in [-0.2, -0.15) is 0 Å². The Balaban J connectivity index is 1.91. The number of anilines is 1. The van der Waals surface area contributed by atoms with Crippen LogP contribution in [-0.4, -0.2) is 39.4 Å². The first-order valence-corrected chi connectivity index (χ1v) is 7.86. The molecule has 1 aliphatic carbocycles. The molecule has 1 saturated carbocycles. The minimum atomic E-state index is 0.191. The van der Waals surface area contributed by atoms with Crippen molar-refractivity contribution in [3.63, 3.8) is 0 Å². The third-order valence-corrected chi connectivity index (χ3v) is 5.00. The van der Waals surface area contributed by atoms with Crippen molar-refractivity contribution in [3.8, 4) is 11.5 Å². The van der Waals surface area contributed by atoms with Crippen molar-refractivity contribution in [3.05, 3.63) is 17.2 Å². The number of hydrogen-bond donors (Lipinski definition) is 1. The summed E-state index contributed by atoms with van der Waals surface area (Å²) in [5.41, 5.74) is 1.25. The maximum Gasteiger partial charge on any atom is 0.143 e. The Morgan fingerprint density at radius 1 is 1.24 bits per heavy atom. The Morgan fingerprint density at radius 3 is 2.57 bits per heavy atom. The van der Waals surface area contributed by atoms with Gasteiger partial charge in [0.25, 0.3) is 0 Å². The highest BCUT2D eigenvalue weighted by Crippen LogP contribution is 2.43. The maximum atomic E-state index is 6.20. The van der Waals surface area contributed by atoms with Crippen LogP contribution in [0.25, 0.3) is 0 Å². The van der Waals surface area contributed by atoms with Crippen molar-refractivity contribution >= 4 is 17.3 Å². The first kappa shape index (κ1) is 14.8. The molecule has 5 heteroatoms. The number of rotatable bonds is 4. The van der Waals surface area contributed by atoms with Crippen LogP contribution in [0.3, 0.4) is 0 Å². The molecule has 116 valence electrons. The van der Waals surface area contributed by atoms with E-state index >= 15 is 0 Å². The zero-order valence-corrected chi connectivity index (χ0v) is 13.7. The van der Waals surface area contributed by atoms with E-state index in [4.69, 9.17) is 21.1 Å². The van der Waals surface area contributed by atoms with Crippen molar-refractivity contribution in [1.29, 1.82) is 0 Å². The summed E-state index contributed by atoms with van der Waals surface area (Å²) in [6.45, 7) is 5.26. The number of benzene rings is 1. The Kier molecular flexibility index (Phi) is 3.93. The average Bonchev–Trinajstić information content (AvgIpc) is 3.32. The summed E-state index contributed by atoms with van der Waals surface area (Å²) in [6.07, 6.45) is 2.66. The fraction of sp³-hybridized carbons (Fsp3) is 0.625. The van der Waals surface area contributed by atoms with E-state index in [-0.39, 0.29) is 5.54 Å². The summed E-state index contributed by atoms with van der Waals surface area (Å²) in [5.74, 6) is 2.29. The van der Waals surface area contributed by atoms with Crippen LogP contribution in [-0.2, 0) is 0 Å². The van der Waals surface area contributed by atoms with E-state index in [1.807, 2.05) is 12.1 Å².